The topological polar surface area (TPSA) is 83.9 Å². The SMILES string of the molecule is Cc1cnc(-c2nc(CN(C)C3CCCCC3)ncc2C(=O)NCc2ccccc2)cn1. The molecule has 1 saturated carbocycles. The summed E-state index contributed by atoms with van der Waals surface area (Å²) in [4.78, 5) is 33.5. The van der Waals surface area contributed by atoms with Gasteiger partial charge in [0.25, 0.3) is 5.91 Å². The molecule has 0 radical (unpaired) electrons. The van der Waals surface area contributed by atoms with Crippen molar-refractivity contribution in [2.75, 3.05) is 7.05 Å². The normalized spacial score (nSPS) is 14.5. The van der Waals surface area contributed by atoms with Gasteiger partial charge in [0.05, 0.1) is 24.0 Å². The average molecular weight is 431 g/mol. The van der Waals surface area contributed by atoms with Gasteiger partial charge in [0, 0.05) is 25.0 Å². The first-order chi connectivity index (χ1) is 15.6. The van der Waals surface area contributed by atoms with Crippen molar-refractivity contribution in [2.45, 2.75) is 58.2 Å². The maximum atomic E-state index is 13.0. The Balaban J connectivity index is 1.57. The molecule has 1 aromatic carbocycles. The van der Waals surface area contributed by atoms with E-state index in [-0.39, 0.29) is 5.91 Å². The summed E-state index contributed by atoms with van der Waals surface area (Å²) in [7, 11) is 2.13. The van der Waals surface area contributed by atoms with E-state index in [0.717, 1.165) is 11.3 Å². The Kier molecular flexibility index (Phi) is 7.17. The summed E-state index contributed by atoms with van der Waals surface area (Å²) in [5.74, 6) is 0.466. The van der Waals surface area contributed by atoms with E-state index in [0.29, 0.717) is 41.9 Å². The Labute approximate surface area is 189 Å². The molecular formula is C25H30N6O. The van der Waals surface area contributed by atoms with Crippen LogP contribution in [0, 0.1) is 6.92 Å². The minimum Gasteiger partial charge on any atom is -0.348 e. The second-order valence-corrected chi connectivity index (χ2v) is 8.47. The Hall–Kier alpha value is -3.19. The molecule has 0 spiro atoms. The van der Waals surface area contributed by atoms with Gasteiger partial charge in [-0.15, -0.1) is 0 Å². The number of hydrogen-bond donors (Lipinski definition) is 1. The zero-order valence-electron chi connectivity index (χ0n) is 18.8. The lowest BCUT2D eigenvalue weighted by molar-refractivity contribution is 0.0950. The third-order valence-corrected chi connectivity index (χ3v) is 5.99. The van der Waals surface area contributed by atoms with Gasteiger partial charge < -0.3 is 5.32 Å². The summed E-state index contributed by atoms with van der Waals surface area (Å²) in [5, 5.41) is 2.97. The van der Waals surface area contributed by atoms with Gasteiger partial charge in [0.15, 0.2) is 0 Å². The molecule has 0 aliphatic heterocycles. The minimum absolute atomic E-state index is 0.224. The Morgan fingerprint density at radius 1 is 1.03 bits per heavy atom. The summed E-state index contributed by atoms with van der Waals surface area (Å²) in [6.07, 6.45) is 11.3. The molecule has 0 unspecified atom stereocenters. The van der Waals surface area contributed by atoms with Crippen molar-refractivity contribution in [3.05, 3.63) is 71.6 Å². The zero-order valence-corrected chi connectivity index (χ0v) is 18.8. The highest BCUT2D eigenvalue weighted by molar-refractivity contribution is 5.99. The number of carbonyl (C=O) groups excluding carboxylic acids is 1. The maximum Gasteiger partial charge on any atom is 0.255 e. The largest absolute Gasteiger partial charge is 0.348 e. The van der Waals surface area contributed by atoms with Crippen molar-refractivity contribution in [3.63, 3.8) is 0 Å². The summed E-state index contributed by atoms with van der Waals surface area (Å²) in [6.45, 7) is 2.96. The summed E-state index contributed by atoms with van der Waals surface area (Å²) < 4.78 is 0. The fraction of sp³-hybridized carbons (Fsp3) is 0.400. The fourth-order valence-electron chi connectivity index (χ4n) is 4.12. The van der Waals surface area contributed by atoms with Gasteiger partial charge in [0.1, 0.15) is 17.2 Å². The number of benzene rings is 1. The lowest BCUT2D eigenvalue weighted by atomic mass is 9.94. The van der Waals surface area contributed by atoms with Gasteiger partial charge in [-0.1, -0.05) is 49.6 Å². The van der Waals surface area contributed by atoms with Crippen LogP contribution in [0.5, 0.6) is 0 Å². The van der Waals surface area contributed by atoms with Crippen LogP contribution in [0.4, 0.5) is 0 Å². The van der Waals surface area contributed by atoms with E-state index in [1.54, 1.807) is 18.6 Å². The molecule has 3 aromatic rings. The standard InChI is InChI=1S/C25H30N6O/c1-18-13-27-22(16-26-18)24-21(25(32)29-14-19-9-5-3-6-10-19)15-28-23(30-24)17-31(2)20-11-7-4-8-12-20/h3,5-6,9-10,13,15-16,20H,4,7-8,11-12,14,17H2,1-2H3,(H,29,32). The number of amides is 1. The number of nitrogens with one attached hydrogen (secondary N) is 1. The Bertz CT molecular complexity index is 1030. The molecule has 0 saturated heterocycles. The smallest absolute Gasteiger partial charge is 0.255 e. The van der Waals surface area contributed by atoms with E-state index in [2.05, 4.69) is 32.2 Å². The van der Waals surface area contributed by atoms with E-state index in [1.165, 1.54) is 32.1 Å². The van der Waals surface area contributed by atoms with Crippen molar-refractivity contribution in [3.8, 4) is 11.4 Å². The van der Waals surface area contributed by atoms with Crippen molar-refractivity contribution in [1.29, 1.82) is 0 Å². The van der Waals surface area contributed by atoms with Crippen LogP contribution in [0.2, 0.25) is 0 Å². The molecule has 0 bridgehead atoms. The second kappa shape index (κ2) is 10.4. The molecule has 1 aliphatic rings. The average Bonchev–Trinajstić information content (AvgIpc) is 2.84. The Morgan fingerprint density at radius 3 is 2.53 bits per heavy atom. The van der Waals surface area contributed by atoms with E-state index >= 15 is 0 Å². The predicted molar refractivity (Wildman–Crippen MR) is 124 cm³/mol. The quantitative estimate of drug-likeness (QED) is 0.611. The van der Waals surface area contributed by atoms with E-state index in [9.17, 15) is 4.79 Å². The summed E-state index contributed by atoms with van der Waals surface area (Å²) in [5.41, 5.74) is 3.34. The fourth-order valence-corrected chi connectivity index (χ4v) is 4.12. The monoisotopic (exact) mass is 430 g/mol. The van der Waals surface area contributed by atoms with Gasteiger partial charge in [-0.05, 0) is 32.4 Å². The van der Waals surface area contributed by atoms with Crippen LogP contribution in [-0.2, 0) is 13.1 Å². The van der Waals surface area contributed by atoms with Gasteiger partial charge in [-0.2, -0.15) is 0 Å². The summed E-state index contributed by atoms with van der Waals surface area (Å²) >= 11 is 0. The first kappa shape index (κ1) is 22.0. The van der Waals surface area contributed by atoms with Crippen LogP contribution in [0.1, 0.15) is 59.5 Å². The van der Waals surface area contributed by atoms with Crippen molar-refractivity contribution in [1.82, 2.24) is 30.2 Å². The van der Waals surface area contributed by atoms with Crippen molar-refractivity contribution >= 4 is 5.91 Å². The van der Waals surface area contributed by atoms with Crippen LogP contribution in [-0.4, -0.2) is 43.8 Å². The van der Waals surface area contributed by atoms with E-state index in [1.807, 2.05) is 37.3 Å². The molecule has 1 fully saturated rings. The van der Waals surface area contributed by atoms with Gasteiger partial charge >= 0.3 is 0 Å². The molecule has 32 heavy (non-hydrogen) atoms. The molecule has 2 heterocycles. The summed E-state index contributed by atoms with van der Waals surface area (Å²) in [6, 6.07) is 10.4. The highest BCUT2D eigenvalue weighted by Crippen LogP contribution is 2.24. The maximum absolute atomic E-state index is 13.0. The van der Waals surface area contributed by atoms with Crippen molar-refractivity contribution < 1.29 is 4.79 Å². The molecule has 7 heteroatoms. The Morgan fingerprint density at radius 2 is 1.81 bits per heavy atom. The lowest BCUT2D eigenvalue weighted by Gasteiger charge is -2.30. The molecule has 1 aliphatic carbocycles. The molecule has 166 valence electrons. The lowest BCUT2D eigenvalue weighted by Crippen LogP contribution is -2.33. The minimum atomic E-state index is -0.224. The molecule has 1 N–H and O–H groups in total. The molecule has 0 atom stereocenters. The predicted octanol–water partition coefficient (Wildman–Crippen LogP) is 3.94. The van der Waals surface area contributed by atoms with Crippen LogP contribution in [0.3, 0.4) is 0 Å². The van der Waals surface area contributed by atoms with Crippen LogP contribution in [0.15, 0.2) is 48.9 Å². The van der Waals surface area contributed by atoms with Crippen LogP contribution >= 0.6 is 0 Å². The molecule has 2 aromatic heterocycles. The van der Waals surface area contributed by atoms with E-state index in [4.69, 9.17) is 4.98 Å². The number of carbonyl (C=O) groups is 1. The highest BCUT2D eigenvalue weighted by atomic mass is 16.1. The third kappa shape index (κ3) is 5.53. The van der Waals surface area contributed by atoms with Crippen LogP contribution < -0.4 is 5.32 Å². The van der Waals surface area contributed by atoms with Gasteiger partial charge in [-0.25, -0.2) is 9.97 Å². The number of rotatable bonds is 7. The molecule has 4 rings (SSSR count). The first-order valence-corrected chi connectivity index (χ1v) is 11.3. The third-order valence-electron chi connectivity index (χ3n) is 5.99. The zero-order chi connectivity index (χ0) is 22.3. The molecule has 1 amide bonds. The molecule has 7 nitrogen and oxygen atoms in total. The number of hydrogen-bond acceptors (Lipinski definition) is 6. The second-order valence-electron chi connectivity index (χ2n) is 8.47. The first-order valence-electron chi connectivity index (χ1n) is 11.3. The van der Waals surface area contributed by atoms with Gasteiger partial charge in [-0.3, -0.25) is 19.7 Å². The molecular weight excluding hydrogens is 400 g/mol. The number of aryl methyl sites for hydroxylation is 1. The van der Waals surface area contributed by atoms with E-state index < -0.39 is 0 Å². The van der Waals surface area contributed by atoms with Crippen molar-refractivity contribution in [2.24, 2.45) is 0 Å². The number of aromatic nitrogens is 4. The highest BCUT2D eigenvalue weighted by Gasteiger charge is 2.21. The number of nitrogens with zero attached hydrogens (tertiary/aromatic N) is 5. The van der Waals surface area contributed by atoms with Crippen LogP contribution in [0.25, 0.3) is 11.4 Å². The van der Waals surface area contributed by atoms with Gasteiger partial charge in [0.2, 0.25) is 0 Å².